The van der Waals surface area contributed by atoms with Crippen molar-refractivity contribution in [3.8, 4) is 23.1 Å². The molecule has 0 bridgehead atoms. The van der Waals surface area contributed by atoms with Crippen molar-refractivity contribution in [1.82, 2.24) is 19.5 Å². The van der Waals surface area contributed by atoms with E-state index in [0.29, 0.717) is 58.8 Å². The first-order chi connectivity index (χ1) is 18.2. The van der Waals surface area contributed by atoms with Gasteiger partial charge in [-0.2, -0.15) is 9.97 Å². The van der Waals surface area contributed by atoms with Gasteiger partial charge in [-0.05, 0) is 56.2 Å². The van der Waals surface area contributed by atoms with Gasteiger partial charge in [-0.3, -0.25) is 9.36 Å². The number of anilines is 1. The van der Waals surface area contributed by atoms with E-state index in [0.717, 1.165) is 11.3 Å². The first kappa shape index (κ1) is 26.2. The zero-order valence-corrected chi connectivity index (χ0v) is 22.6. The number of piperidine rings is 1. The number of imidazole rings is 1. The molecule has 1 unspecified atom stereocenters. The summed E-state index contributed by atoms with van der Waals surface area (Å²) in [4.78, 5) is 28.6. The molecule has 1 fully saturated rings. The van der Waals surface area contributed by atoms with E-state index in [1.807, 2.05) is 47.9 Å². The highest BCUT2D eigenvalue weighted by atomic mass is 35.5. The third-order valence-electron chi connectivity index (χ3n) is 6.99. The van der Waals surface area contributed by atoms with Gasteiger partial charge in [0.15, 0.2) is 17.0 Å². The number of benzene rings is 2. The van der Waals surface area contributed by atoms with Crippen molar-refractivity contribution < 1.29 is 14.6 Å². The van der Waals surface area contributed by atoms with Crippen LogP contribution < -0.4 is 15.4 Å². The smallest absolute Gasteiger partial charge is 0.320 e. The second-order valence-corrected chi connectivity index (χ2v) is 10.6. The summed E-state index contributed by atoms with van der Waals surface area (Å²) < 4.78 is 7.76. The standard InChI is InChI=1S/C27H28Cl2N6O3/c1-16(15-36)38-26-32-23(34-13-11-27(2,12-14-34)25(30)37)21-24(33-26)35(18-9-7-17(28)8-10-18)22(31-21)19-5-3-4-6-20(19)29/h3-10,16,36H,11-15H2,1-2H3,(H2,30,37). The van der Waals surface area contributed by atoms with Gasteiger partial charge in [-0.1, -0.05) is 42.3 Å². The Morgan fingerprint density at radius 2 is 1.79 bits per heavy atom. The molecule has 0 spiro atoms. The quantitative estimate of drug-likeness (QED) is 0.341. The maximum atomic E-state index is 12.1. The fraction of sp³-hybridized carbons (Fsp3) is 0.333. The molecule has 5 rings (SSSR count). The summed E-state index contributed by atoms with van der Waals surface area (Å²) in [5.41, 5.74) is 7.66. The Kier molecular flexibility index (Phi) is 7.17. The van der Waals surface area contributed by atoms with E-state index in [2.05, 4.69) is 4.90 Å². The molecule has 2 aromatic heterocycles. The average molecular weight is 555 g/mol. The van der Waals surface area contributed by atoms with Crippen LogP contribution in [-0.4, -0.2) is 56.3 Å². The summed E-state index contributed by atoms with van der Waals surface area (Å²) in [6.45, 7) is 4.53. The van der Waals surface area contributed by atoms with Crippen molar-refractivity contribution >= 4 is 46.1 Å². The number of rotatable bonds is 7. The molecule has 0 radical (unpaired) electrons. The molecule has 1 aliphatic heterocycles. The zero-order chi connectivity index (χ0) is 27.0. The Labute approximate surface area is 230 Å². The number of ether oxygens (including phenoxy) is 1. The average Bonchev–Trinajstić information content (AvgIpc) is 3.28. The number of nitrogens with zero attached hydrogens (tertiary/aromatic N) is 5. The molecule has 38 heavy (non-hydrogen) atoms. The molecule has 1 amide bonds. The highest BCUT2D eigenvalue weighted by molar-refractivity contribution is 6.33. The molecule has 3 N–H and O–H groups in total. The molecule has 4 aromatic rings. The van der Waals surface area contributed by atoms with Crippen LogP contribution in [0.1, 0.15) is 26.7 Å². The summed E-state index contributed by atoms with van der Waals surface area (Å²) in [6, 6.07) is 14.9. The number of aliphatic hydroxyl groups is 1. The maximum absolute atomic E-state index is 12.1. The molecular weight excluding hydrogens is 527 g/mol. The van der Waals surface area contributed by atoms with Gasteiger partial charge in [-0.15, -0.1) is 0 Å². The van der Waals surface area contributed by atoms with E-state index in [-0.39, 0.29) is 18.5 Å². The minimum Gasteiger partial charge on any atom is -0.458 e. The van der Waals surface area contributed by atoms with Gasteiger partial charge in [-0.25, -0.2) is 4.98 Å². The third kappa shape index (κ3) is 4.89. The van der Waals surface area contributed by atoms with Crippen molar-refractivity contribution in [3.05, 3.63) is 58.6 Å². The Morgan fingerprint density at radius 3 is 2.42 bits per heavy atom. The molecule has 11 heteroatoms. The van der Waals surface area contributed by atoms with Crippen LogP contribution in [0.25, 0.3) is 28.2 Å². The fourth-order valence-electron chi connectivity index (χ4n) is 4.53. The summed E-state index contributed by atoms with van der Waals surface area (Å²) in [5, 5.41) is 10.7. The minimum absolute atomic E-state index is 0.109. The van der Waals surface area contributed by atoms with E-state index >= 15 is 0 Å². The van der Waals surface area contributed by atoms with Gasteiger partial charge in [0, 0.05) is 34.8 Å². The van der Waals surface area contributed by atoms with Crippen molar-refractivity contribution in [2.24, 2.45) is 11.1 Å². The molecule has 2 aromatic carbocycles. The number of fused-ring (bicyclic) bond motifs is 1. The van der Waals surface area contributed by atoms with Crippen molar-refractivity contribution in [3.63, 3.8) is 0 Å². The van der Waals surface area contributed by atoms with E-state index in [4.69, 9.17) is 48.6 Å². The lowest BCUT2D eigenvalue weighted by molar-refractivity contribution is -0.127. The summed E-state index contributed by atoms with van der Waals surface area (Å²) in [5.74, 6) is 0.844. The number of aliphatic hydroxyl groups excluding tert-OH is 1. The lowest BCUT2D eigenvalue weighted by Gasteiger charge is -2.37. The van der Waals surface area contributed by atoms with Gasteiger partial charge in [0.05, 0.1) is 11.6 Å². The van der Waals surface area contributed by atoms with Crippen LogP contribution >= 0.6 is 23.2 Å². The van der Waals surface area contributed by atoms with E-state index in [1.54, 1.807) is 19.1 Å². The lowest BCUT2D eigenvalue weighted by atomic mass is 9.80. The van der Waals surface area contributed by atoms with E-state index < -0.39 is 11.5 Å². The molecule has 198 valence electrons. The van der Waals surface area contributed by atoms with Gasteiger partial charge >= 0.3 is 6.01 Å². The van der Waals surface area contributed by atoms with Crippen molar-refractivity contribution in [2.45, 2.75) is 32.8 Å². The van der Waals surface area contributed by atoms with Crippen molar-refractivity contribution in [1.29, 1.82) is 0 Å². The van der Waals surface area contributed by atoms with Crippen molar-refractivity contribution in [2.75, 3.05) is 24.6 Å². The second kappa shape index (κ2) is 10.4. The van der Waals surface area contributed by atoms with Crippen LogP contribution in [0.15, 0.2) is 48.5 Å². The number of hydrogen-bond donors (Lipinski definition) is 2. The number of carbonyl (C=O) groups is 1. The second-order valence-electron chi connectivity index (χ2n) is 9.75. The molecule has 3 heterocycles. The van der Waals surface area contributed by atoms with Crippen LogP contribution in [0, 0.1) is 5.41 Å². The highest BCUT2D eigenvalue weighted by Gasteiger charge is 2.37. The first-order valence-electron chi connectivity index (χ1n) is 12.3. The number of carbonyl (C=O) groups excluding carboxylic acids is 1. The van der Waals surface area contributed by atoms with Crippen LogP contribution in [0.2, 0.25) is 10.0 Å². The normalized spacial score (nSPS) is 16.0. The molecular formula is C27H28Cl2N6O3. The Hall–Kier alpha value is -3.40. The fourth-order valence-corrected chi connectivity index (χ4v) is 4.88. The largest absolute Gasteiger partial charge is 0.458 e. The monoisotopic (exact) mass is 554 g/mol. The van der Waals surface area contributed by atoms with E-state index in [9.17, 15) is 9.90 Å². The molecule has 9 nitrogen and oxygen atoms in total. The van der Waals surface area contributed by atoms with Crippen LogP contribution in [0.4, 0.5) is 5.82 Å². The number of hydrogen-bond acceptors (Lipinski definition) is 7. The van der Waals surface area contributed by atoms with Gasteiger partial charge in [0.1, 0.15) is 11.9 Å². The Bertz CT molecular complexity index is 1480. The van der Waals surface area contributed by atoms with Crippen LogP contribution in [0.3, 0.4) is 0 Å². The summed E-state index contributed by atoms with van der Waals surface area (Å²) >= 11 is 12.8. The third-order valence-corrected chi connectivity index (χ3v) is 7.57. The zero-order valence-electron chi connectivity index (χ0n) is 21.1. The van der Waals surface area contributed by atoms with Crippen LogP contribution in [0.5, 0.6) is 6.01 Å². The Morgan fingerprint density at radius 1 is 1.11 bits per heavy atom. The molecule has 1 aliphatic rings. The first-order valence-corrected chi connectivity index (χ1v) is 13.1. The summed E-state index contributed by atoms with van der Waals surface area (Å²) in [7, 11) is 0. The topological polar surface area (TPSA) is 119 Å². The van der Waals surface area contributed by atoms with Gasteiger partial charge in [0.2, 0.25) is 5.91 Å². The predicted molar refractivity (Wildman–Crippen MR) is 148 cm³/mol. The number of primary amides is 1. The number of aromatic nitrogens is 4. The predicted octanol–water partition coefficient (Wildman–Crippen LogP) is 4.64. The number of halogens is 2. The van der Waals surface area contributed by atoms with E-state index in [1.165, 1.54) is 0 Å². The van der Waals surface area contributed by atoms with Gasteiger partial charge in [0.25, 0.3) is 0 Å². The SMILES string of the molecule is CC(CO)Oc1nc(N2CCC(C)(C(N)=O)CC2)c2nc(-c3ccccc3Cl)n(-c3ccc(Cl)cc3)c2n1. The van der Waals surface area contributed by atoms with Crippen LogP contribution in [-0.2, 0) is 4.79 Å². The molecule has 0 saturated carbocycles. The molecule has 1 atom stereocenters. The lowest BCUT2D eigenvalue weighted by Crippen LogP contribution is -2.45. The highest BCUT2D eigenvalue weighted by Crippen LogP contribution is 2.38. The molecule has 1 saturated heterocycles. The molecule has 0 aliphatic carbocycles. The Balaban J connectivity index is 1.74. The number of nitrogens with two attached hydrogens (primary N) is 1. The minimum atomic E-state index is -0.585. The maximum Gasteiger partial charge on any atom is 0.320 e. The number of amides is 1. The van der Waals surface area contributed by atoms with Gasteiger partial charge < -0.3 is 20.5 Å². The summed E-state index contributed by atoms with van der Waals surface area (Å²) in [6.07, 6.45) is 0.633.